The Morgan fingerprint density at radius 1 is 0.500 bits per heavy atom. The Morgan fingerprint density at radius 3 is 1.11 bits per heavy atom. The van der Waals surface area contributed by atoms with Crippen LogP contribution in [-0.4, -0.2) is 13.1 Å². The quantitative estimate of drug-likeness (QED) is 0.230. The maximum Gasteiger partial charge on any atom is 0.0427 e. The summed E-state index contributed by atoms with van der Waals surface area (Å²) in [6.07, 6.45) is 0.896. The number of hydrogen-bond acceptors (Lipinski definition) is 3. The van der Waals surface area contributed by atoms with E-state index in [1.165, 1.54) is 44.5 Å². The van der Waals surface area contributed by atoms with Gasteiger partial charge in [-0.05, 0) is 93.0 Å². The molecule has 38 heavy (non-hydrogen) atoms. The maximum atomic E-state index is 6.93. The highest BCUT2D eigenvalue weighted by Crippen LogP contribution is 2.37. The molecular weight excluding hydrogens is 462 g/mol. The molecule has 0 aliphatic carbocycles. The van der Waals surface area contributed by atoms with Crippen LogP contribution in [0.1, 0.15) is 182 Å². The van der Waals surface area contributed by atoms with E-state index in [1.54, 1.807) is 0 Å². The molecule has 0 aromatic heterocycles. The second kappa shape index (κ2) is 14.1. The van der Waals surface area contributed by atoms with Crippen molar-refractivity contribution in [3.8, 4) is 0 Å². The van der Waals surface area contributed by atoms with Crippen LogP contribution in [0.2, 0.25) is 0 Å². The molecule has 3 nitrogen and oxygen atoms in total. The van der Waals surface area contributed by atoms with Crippen LogP contribution in [0.5, 0.6) is 0 Å². The van der Waals surface area contributed by atoms with Crippen molar-refractivity contribution in [2.45, 2.75) is 137 Å². The minimum absolute atomic E-state index is 0.0116. The highest BCUT2D eigenvalue weighted by Gasteiger charge is 2.23. The summed E-state index contributed by atoms with van der Waals surface area (Å²) in [6.45, 7) is 29.0. The zero-order chi connectivity index (χ0) is 28.9. The lowest BCUT2D eigenvalue weighted by molar-refractivity contribution is 0.534. The molecule has 0 aliphatic rings. The first-order valence-electron chi connectivity index (χ1n) is 15.2. The van der Waals surface area contributed by atoms with Crippen molar-refractivity contribution in [3.63, 3.8) is 0 Å². The van der Waals surface area contributed by atoms with E-state index in [0.717, 1.165) is 19.5 Å². The van der Waals surface area contributed by atoms with Crippen molar-refractivity contribution in [1.29, 1.82) is 0 Å². The molecule has 2 unspecified atom stereocenters. The fraction of sp³-hybridized carbons (Fsp3) is 0.657. The van der Waals surface area contributed by atoms with E-state index in [2.05, 4.69) is 113 Å². The summed E-state index contributed by atoms with van der Waals surface area (Å²) in [4.78, 5) is 0. The third-order valence-electron chi connectivity index (χ3n) is 8.09. The Bertz CT molecular complexity index is 888. The van der Waals surface area contributed by atoms with Gasteiger partial charge in [-0.15, -0.1) is 0 Å². The van der Waals surface area contributed by atoms with Gasteiger partial charge in [0.15, 0.2) is 0 Å². The number of rotatable bonds is 13. The molecule has 214 valence electrons. The average molecular weight is 522 g/mol. The number of benzene rings is 2. The highest BCUT2D eigenvalue weighted by atomic mass is 14.9. The molecule has 0 radical (unpaired) electrons. The number of hydrogen-bond donors (Lipinski definition) is 3. The first-order valence-corrected chi connectivity index (χ1v) is 15.2. The Hall–Kier alpha value is -1.68. The monoisotopic (exact) mass is 521 g/mol. The van der Waals surface area contributed by atoms with Crippen LogP contribution in [0.25, 0.3) is 0 Å². The summed E-state index contributed by atoms with van der Waals surface area (Å²) in [5.74, 6) is 2.81. The van der Waals surface area contributed by atoms with Gasteiger partial charge in [0.2, 0.25) is 0 Å². The summed E-state index contributed by atoms with van der Waals surface area (Å²) in [6, 6.07) is 9.58. The van der Waals surface area contributed by atoms with Crippen LogP contribution >= 0.6 is 0 Å². The van der Waals surface area contributed by atoms with E-state index in [0.29, 0.717) is 35.5 Å². The highest BCUT2D eigenvalue weighted by molar-refractivity contribution is 5.46. The molecule has 2 rings (SSSR count). The zero-order valence-corrected chi connectivity index (χ0v) is 26.7. The predicted octanol–water partition coefficient (Wildman–Crippen LogP) is 9.11. The molecule has 0 aliphatic heterocycles. The Kier molecular flexibility index (Phi) is 12.1. The first kappa shape index (κ1) is 32.5. The van der Waals surface area contributed by atoms with Crippen molar-refractivity contribution >= 4 is 0 Å². The van der Waals surface area contributed by atoms with Crippen molar-refractivity contribution in [3.05, 3.63) is 68.8 Å². The fourth-order valence-corrected chi connectivity index (χ4v) is 5.64. The van der Waals surface area contributed by atoms with Crippen molar-refractivity contribution in [2.75, 3.05) is 13.1 Å². The van der Waals surface area contributed by atoms with E-state index in [4.69, 9.17) is 11.5 Å². The standard InChI is InChI=1S/C35H59N3/c1-20(2)26-15-28(22(5)6)34(29(16-26)23(7)8)32(36)13-14-38-19-33(37)35-30(24(9)10)17-27(21(3)4)18-31(35)25(11)12/h15-18,20-25,32-33,38H,13-14,19,36-37H2,1-12H3. The van der Waals surface area contributed by atoms with Gasteiger partial charge in [0.05, 0.1) is 0 Å². The van der Waals surface area contributed by atoms with E-state index < -0.39 is 0 Å². The SMILES string of the molecule is CC(C)c1cc(C(C)C)c(C(N)CCNCC(N)c2c(C(C)C)cc(C(C)C)cc2C(C)C)c(C(C)C)c1. The lowest BCUT2D eigenvalue weighted by Gasteiger charge is -2.28. The van der Waals surface area contributed by atoms with E-state index in [-0.39, 0.29) is 12.1 Å². The Labute approximate surface area is 235 Å². The Balaban J connectivity index is 2.24. The van der Waals surface area contributed by atoms with Gasteiger partial charge in [0.25, 0.3) is 0 Å². The maximum absolute atomic E-state index is 6.93. The molecule has 5 N–H and O–H groups in total. The van der Waals surface area contributed by atoms with Crippen LogP contribution in [0.3, 0.4) is 0 Å². The van der Waals surface area contributed by atoms with Crippen molar-refractivity contribution in [2.24, 2.45) is 11.5 Å². The molecule has 2 atom stereocenters. The summed E-state index contributed by atoms with van der Waals surface area (Å²) in [5, 5.41) is 3.68. The molecule has 0 fully saturated rings. The van der Waals surface area contributed by atoms with Gasteiger partial charge in [-0.3, -0.25) is 0 Å². The fourth-order valence-electron chi connectivity index (χ4n) is 5.64. The van der Waals surface area contributed by atoms with Gasteiger partial charge >= 0.3 is 0 Å². The molecule has 0 amide bonds. The molecule has 0 saturated heterocycles. The summed E-state index contributed by atoms with van der Waals surface area (Å²) in [5.41, 5.74) is 25.0. The molecule has 2 aromatic rings. The second-order valence-electron chi connectivity index (χ2n) is 13.4. The third-order valence-corrected chi connectivity index (χ3v) is 8.09. The topological polar surface area (TPSA) is 64.1 Å². The van der Waals surface area contributed by atoms with Crippen molar-refractivity contribution in [1.82, 2.24) is 5.32 Å². The minimum atomic E-state index is -0.0370. The smallest absolute Gasteiger partial charge is 0.0427 e. The van der Waals surface area contributed by atoms with E-state index in [1.807, 2.05) is 0 Å². The third kappa shape index (κ3) is 7.93. The minimum Gasteiger partial charge on any atom is -0.324 e. The molecule has 0 bridgehead atoms. The number of nitrogens with two attached hydrogens (primary N) is 2. The Morgan fingerprint density at radius 2 is 0.816 bits per heavy atom. The number of nitrogens with one attached hydrogen (secondary N) is 1. The first-order chi connectivity index (χ1) is 17.7. The normalized spacial score (nSPS) is 14.1. The molecule has 0 spiro atoms. The van der Waals surface area contributed by atoms with Gasteiger partial charge in [0.1, 0.15) is 0 Å². The molecule has 2 aromatic carbocycles. The summed E-state index contributed by atoms with van der Waals surface area (Å²) < 4.78 is 0. The zero-order valence-electron chi connectivity index (χ0n) is 26.7. The van der Waals surface area contributed by atoms with Crippen LogP contribution < -0.4 is 16.8 Å². The van der Waals surface area contributed by atoms with E-state index >= 15 is 0 Å². The van der Waals surface area contributed by atoms with Gasteiger partial charge in [-0.2, -0.15) is 0 Å². The van der Waals surface area contributed by atoms with Gasteiger partial charge in [-0.25, -0.2) is 0 Å². The van der Waals surface area contributed by atoms with Crippen LogP contribution in [-0.2, 0) is 0 Å². The van der Waals surface area contributed by atoms with Gasteiger partial charge in [-0.1, -0.05) is 107 Å². The second-order valence-corrected chi connectivity index (χ2v) is 13.4. The predicted molar refractivity (Wildman–Crippen MR) is 169 cm³/mol. The van der Waals surface area contributed by atoms with Crippen LogP contribution in [0, 0.1) is 0 Å². The average Bonchev–Trinajstić information content (AvgIpc) is 2.84. The summed E-state index contributed by atoms with van der Waals surface area (Å²) >= 11 is 0. The largest absolute Gasteiger partial charge is 0.324 e. The lowest BCUT2D eigenvalue weighted by Crippen LogP contribution is -2.31. The molecule has 0 heterocycles. The van der Waals surface area contributed by atoms with Gasteiger partial charge in [0, 0.05) is 18.6 Å². The van der Waals surface area contributed by atoms with Gasteiger partial charge < -0.3 is 16.8 Å². The van der Waals surface area contributed by atoms with E-state index in [9.17, 15) is 0 Å². The van der Waals surface area contributed by atoms with Crippen LogP contribution in [0.15, 0.2) is 24.3 Å². The molecule has 0 saturated carbocycles. The molecule has 3 heteroatoms. The van der Waals surface area contributed by atoms with Crippen LogP contribution in [0.4, 0.5) is 0 Å². The van der Waals surface area contributed by atoms with Crippen molar-refractivity contribution < 1.29 is 0 Å². The summed E-state index contributed by atoms with van der Waals surface area (Å²) in [7, 11) is 0. The molecular formula is C35H59N3. The lowest BCUT2D eigenvalue weighted by atomic mass is 9.81.